The average molecular weight is 154 g/mol. The van der Waals surface area contributed by atoms with E-state index in [1.54, 1.807) is 19.3 Å². The van der Waals surface area contributed by atoms with Crippen molar-refractivity contribution in [3.63, 3.8) is 0 Å². The summed E-state index contributed by atoms with van der Waals surface area (Å²) < 4.78 is 17.7. The molecule has 0 spiro atoms. The van der Waals surface area contributed by atoms with Gasteiger partial charge < -0.3 is 4.74 Å². The van der Waals surface area contributed by atoms with Crippen LogP contribution in [0, 0.1) is 0 Å². The first-order chi connectivity index (χ1) is 5.24. The summed E-state index contributed by atoms with van der Waals surface area (Å²) in [6.45, 7) is 1.89. The smallest absolute Gasteiger partial charge is 0.118 e. The van der Waals surface area contributed by atoms with Crippen molar-refractivity contribution in [3.05, 3.63) is 35.4 Å². The Morgan fingerprint density at radius 1 is 1.45 bits per heavy atom. The van der Waals surface area contributed by atoms with Crippen molar-refractivity contribution < 1.29 is 9.13 Å². The van der Waals surface area contributed by atoms with Crippen LogP contribution in [0.4, 0.5) is 4.39 Å². The Bertz CT molecular complexity index is 236. The molecule has 0 N–H and O–H groups in total. The summed E-state index contributed by atoms with van der Waals surface area (Å²) >= 11 is 0. The standard InChI is InChI=1S/C9H11FO/c1-7-3-4-8(10)5-6-9(7)11-2/h3-4,6H,5H2,1-2H3. The molecule has 0 aromatic heterocycles. The fourth-order valence-corrected chi connectivity index (χ4v) is 0.961. The Kier molecular flexibility index (Phi) is 2.47. The summed E-state index contributed by atoms with van der Waals surface area (Å²) in [6.07, 6.45) is 5.26. The summed E-state index contributed by atoms with van der Waals surface area (Å²) in [7, 11) is 1.59. The number of hydrogen-bond donors (Lipinski definition) is 0. The molecule has 0 aliphatic heterocycles. The largest absolute Gasteiger partial charge is 0.497 e. The van der Waals surface area contributed by atoms with Gasteiger partial charge in [0.1, 0.15) is 11.6 Å². The van der Waals surface area contributed by atoms with Crippen LogP contribution in [0.2, 0.25) is 0 Å². The van der Waals surface area contributed by atoms with Crippen LogP contribution in [-0.4, -0.2) is 7.11 Å². The quantitative estimate of drug-likeness (QED) is 0.564. The van der Waals surface area contributed by atoms with E-state index in [4.69, 9.17) is 4.74 Å². The van der Waals surface area contributed by atoms with Gasteiger partial charge >= 0.3 is 0 Å². The summed E-state index contributed by atoms with van der Waals surface area (Å²) in [5.74, 6) is 0.630. The molecular weight excluding hydrogens is 143 g/mol. The highest BCUT2D eigenvalue weighted by Crippen LogP contribution is 2.18. The zero-order chi connectivity index (χ0) is 8.27. The van der Waals surface area contributed by atoms with E-state index in [2.05, 4.69) is 0 Å². The normalized spacial score (nSPS) is 17.9. The molecular formula is C9H11FO. The van der Waals surface area contributed by atoms with E-state index in [0.29, 0.717) is 6.42 Å². The van der Waals surface area contributed by atoms with Gasteiger partial charge in [-0.05, 0) is 24.6 Å². The predicted molar refractivity (Wildman–Crippen MR) is 42.7 cm³/mol. The summed E-state index contributed by atoms with van der Waals surface area (Å²) in [6, 6.07) is 0. The lowest BCUT2D eigenvalue weighted by Crippen LogP contribution is -1.86. The van der Waals surface area contributed by atoms with Gasteiger partial charge in [-0.15, -0.1) is 0 Å². The number of allylic oxidation sites excluding steroid dienone is 5. The second-order valence-electron chi connectivity index (χ2n) is 2.44. The van der Waals surface area contributed by atoms with Crippen molar-refractivity contribution in [2.75, 3.05) is 7.11 Å². The molecule has 1 nitrogen and oxygen atoms in total. The van der Waals surface area contributed by atoms with Crippen LogP contribution >= 0.6 is 0 Å². The molecule has 1 aliphatic rings. The summed E-state index contributed by atoms with van der Waals surface area (Å²) in [5.41, 5.74) is 0.958. The minimum Gasteiger partial charge on any atom is -0.497 e. The molecule has 1 aliphatic carbocycles. The van der Waals surface area contributed by atoms with E-state index in [9.17, 15) is 4.39 Å². The maximum atomic E-state index is 12.6. The number of hydrogen-bond acceptors (Lipinski definition) is 1. The minimum atomic E-state index is -0.128. The predicted octanol–water partition coefficient (Wildman–Crippen LogP) is 2.72. The highest BCUT2D eigenvalue weighted by Gasteiger charge is 2.03. The van der Waals surface area contributed by atoms with Crippen molar-refractivity contribution in [1.29, 1.82) is 0 Å². The van der Waals surface area contributed by atoms with E-state index >= 15 is 0 Å². The molecule has 60 valence electrons. The van der Waals surface area contributed by atoms with Gasteiger partial charge in [0, 0.05) is 6.42 Å². The van der Waals surface area contributed by atoms with Crippen molar-refractivity contribution in [2.24, 2.45) is 0 Å². The lowest BCUT2D eigenvalue weighted by Gasteiger charge is -2.03. The van der Waals surface area contributed by atoms with Crippen molar-refractivity contribution in [1.82, 2.24) is 0 Å². The van der Waals surface area contributed by atoms with Crippen LogP contribution in [0.3, 0.4) is 0 Å². The number of methoxy groups -OCH3 is 1. The monoisotopic (exact) mass is 154 g/mol. The topological polar surface area (TPSA) is 9.23 Å². The van der Waals surface area contributed by atoms with Gasteiger partial charge in [0.15, 0.2) is 0 Å². The second-order valence-corrected chi connectivity index (χ2v) is 2.44. The fraction of sp³-hybridized carbons (Fsp3) is 0.333. The lowest BCUT2D eigenvalue weighted by atomic mass is 10.2. The first-order valence-corrected chi connectivity index (χ1v) is 3.51. The Balaban J connectivity index is 2.87. The highest BCUT2D eigenvalue weighted by atomic mass is 19.1. The molecule has 0 saturated carbocycles. The van der Waals surface area contributed by atoms with Gasteiger partial charge in [-0.1, -0.05) is 6.08 Å². The minimum absolute atomic E-state index is 0.128. The van der Waals surface area contributed by atoms with Crippen LogP contribution in [-0.2, 0) is 4.74 Å². The zero-order valence-corrected chi connectivity index (χ0v) is 6.73. The zero-order valence-electron chi connectivity index (χ0n) is 6.73. The third-order valence-electron chi connectivity index (χ3n) is 1.61. The number of ether oxygens (including phenoxy) is 1. The van der Waals surface area contributed by atoms with Crippen LogP contribution in [0.25, 0.3) is 0 Å². The Morgan fingerprint density at radius 2 is 2.18 bits per heavy atom. The molecule has 11 heavy (non-hydrogen) atoms. The molecule has 0 radical (unpaired) electrons. The Hall–Kier alpha value is -1.05. The van der Waals surface area contributed by atoms with Crippen molar-refractivity contribution >= 4 is 0 Å². The van der Waals surface area contributed by atoms with E-state index in [-0.39, 0.29) is 5.83 Å². The van der Waals surface area contributed by atoms with Crippen LogP contribution in [0.5, 0.6) is 0 Å². The van der Waals surface area contributed by atoms with Gasteiger partial charge in [0.2, 0.25) is 0 Å². The molecule has 0 unspecified atom stereocenters. The number of halogens is 1. The Morgan fingerprint density at radius 3 is 2.82 bits per heavy atom. The fourth-order valence-electron chi connectivity index (χ4n) is 0.961. The summed E-state index contributed by atoms with van der Waals surface area (Å²) in [4.78, 5) is 0. The molecule has 0 atom stereocenters. The summed E-state index contributed by atoms with van der Waals surface area (Å²) in [5, 5.41) is 0. The molecule has 0 aromatic carbocycles. The third kappa shape index (κ3) is 1.93. The Labute approximate surface area is 65.9 Å². The lowest BCUT2D eigenvalue weighted by molar-refractivity contribution is 0.299. The molecule has 2 heteroatoms. The molecule has 0 saturated heterocycles. The first-order valence-electron chi connectivity index (χ1n) is 3.51. The van der Waals surface area contributed by atoms with Gasteiger partial charge in [0.05, 0.1) is 7.11 Å². The van der Waals surface area contributed by atoms with Gasteiger partial charge in [0.25, 0.3) is 0 Å². The van der Waals surface area contributed by atoms with Gasteiger partial charge in [-0.2, -0.15) is 0 Å². The van der Waals surface area contributed by atoms with Gasteiger partial charge in [-0.3, -0.25) is 0 Å². The van der Waals surface area contributed by atoms with Crippen molar-refractivity contribution in [2.45, 2.75) is 13.3 Å². The SMILES string of the molecule is COC1=CCC(F)=CC=C1C. The molecule has 1 rings (SSSR count). The van der Waals surface area contributed by atoms with Crippen LogP contribution < -0.4 is 0 Å². The molecule has 0 aromatic rings. The molecule has 0 bridgehead atoms. The maximum absolute atomic E-state index is 12.6. The second kappa shape index (κ2) is 3.37. The molecule has 0 heterocycles. The van der Waals surface area contributed by atoms with Crippen molar-refractivity contribution in [3.8, 4) is 0 Å². The first kappa shape index (κ1) is 8.05. The molecule has 0 amide bonds. The third-order valence-corrected chi connectivity index (χ3v) is 1.61. The van der Waals surface area contributed by atoms with E-state index in [1.165, 1.54) is 6.08 Å². The average Bonchev–Trinajstić information content (AvgIpc) is 2.15. The maximum Gasteiger partial charge on any atom is 0.118 e. The van der Waals surface area contributed by atoms with E-state index < -0.39 is 0 Å². The van der Waals surface area contributed by atoms with Gasteiger partial charge in [-0.25, -0.2) is 4.39 Å². The number of rotatable bonds is 1. The van der Waals surface area contributed by atoms with Crippen LogP contribution in [0.1, 0.15) is 13.3 Å². The molecule has 0 fully saturated rings. The van der Waals surface area contributed by atoms with E-state index in [1.807, 2.05) is 6.92 Å². The van der Waals surface area contributed by atoms with Crippen LogP contribution in [0.15, 0.2) is 35.4 Å². The van der Waals surface area contributed by atoms with E-state index in [0.717, 1.165) is 11.3 Å². The highest BCUT2D eigenvalue weighted by molar-refractivity contribution is 5.32.